The van der Waals surface area contributed by atoms with Gasteiger partial charge in [-0.3, -0.25) is 5.32 Å². The number of pyridine rings is 1. The van der Waals surface area contributed by atoms with Crippen molar-refractivity contribution in [2.24, 2.45) is 0 Å². The maximum absolute atomic E-state index is 12.0. The topological polar surface area (TPSA) is 239 Å². The normalized spacial score (nSPS) is 12.8. The van der Waals surface area contributed by atoms with Gasteiger partial charge in [-0.2, -0.15) is 0 Å². The van der Waals surface area contributed by atoms with Crippen molar-refractivity contribution in [1.82, 2.24) is 10.3 Å². The van der Waals surface area contributed by atoms with E-state index in [4.69, 9.17) is 14.9 Å². The van der Waals surface area contributed by atoms with Crippen LogP contribution in [0.2, 0.25) is 0 Å². The van der Waals surface area contributed by atoms with Crippen LogP contribution in [0.3, 0.4) is 0 Å². The maximum atomic E-state index is 12.0. The van der Waals surface area contributed by atoms with Gasteiger partial charge in [-0.05, 0) is 30.4 Å². The highest BCUT2D eigenvalue weighted by Gasteiger charge is 2.13. The number of urea groups is 1. The van der Waals surface area contributed by atoms with Crippen molar-refractivity contribution in [2.45, 2.75) is 6.42 Å². The molecule has 1 aromatic heterocycles. The van der Waals surface area contributed by atoms with Crippen LogP contribution < -0.4 is 31.1 Å². The molecule has 0 unspecified atom stereocenters. The van der Waals surface area contributed by atoms with E-state index in [2.05, 4.69) is 15.6 Å². The Kier molecular flexibility index (Phi) is 17.2. The molecule has 226 valence electrons. The summed E-state index contributed by atoms with van der Waals surface area (Å²) >= 11 is 0. The average Bonchev–Trinajstić information content (AvgIpc) is 2.96. The lowest BCUT2D eigenvalue weighted by Crippen LogP contribution is -3.14. The fourth-order valence-electron chi connectivity index (χ4n) is 3.19. The second-order valence-electron chi connectivity index (χ2n) is 8.35. The molecule has 2 heterocycles. The first-order valence-corrected chi connectivity index (χ1v) is 12.6. The first kappa shape index (κ1) is 34.9. The Morgan fingerprint density at radius 2 is 1.50 bits per heavy atom. The monoisotopic (exact) mass is 587 g/mol. The highest BCUT2D eigenvalue weighted by molar-refractivity contribution is 5.89. The van der Waals surface area contributed by atoms with E-state index in [0.29, 0.717) is 36.5 Å². The van der Waals surface area contributed by atoms with E-state index in [-0.39, 0.29) is 6.03 Å². The Labute approximate surface area is 241 Å². The molecule has 1 saturated heterocycles. The van der Waals surface area contributed by atoms with Crippen LogP contribution in [0.5, 0.6) is 0 Å². The van der Waals surface area contributed by atoms with Crippen LogP contribution in [-0.4, -0.2) is 84.5 Å². The van der Waals surface area contributed by atoms with Gasteiger partial charge in [0.15, 0.2) is 0 Å². The Bertz CT molecular complexity index is 1130. The van der Waals surface area contributed by atoms with Crippen LogP contribution in [0.4, 0.5) is 22.0 Å². The zero-order valence-electron chi connectivity index (χ0n) is 22.6. The van der Waals surface area contributed by atoms with Gasteiger partial charge in [0.25, 0.3) is 0 Å². The molecule has 0 aliphatic carbocycles. The van der Waals surface area contributed by atoms with Gasteiger partial charge in [0, 0.05) is 31.2 Å². The summed E-state index contributed by atoms with van der Waals surface area (Å²) in [5, 5.41) is 42.2. The molecule has 15 heteroatoms. The fraction of sp³-hybridized carbons (Fsp3) is 0.259. The number of carboxylic acid groups (broad SMARTS) is 4. The Morgan fingerprint density at radius 1 is 0.905 bits per heavy atom. The minimum atomic E-state index is -1.51. The lowest BCUT2D eigenvalue weighted by atomic mass is 10.3. The van der Waals surface area contributed by atoms with E-state index in [0.717, 1.165) is 50.8 Å². The number of aromatic nitrogens is 1. The summed E-state index contributed by atoms with van der Waals surface area (Å²) in [6.07, 6.45) is 4.52. The zero-order chi connectivity index (χ0) is 31.2. The molecule has 2 amide bonds. The van der Waals surface area contributed by atoms with Crippen LogP contribution >= 0.6 is 0 Å². The molecule has 0 saturated carbocycles. The average molecular weight is 588 g/mol. The maximum Gasteiger partial charge on any atom is 0.328 e. The Morgan fingerprint density at radius 3 is 1.98 bits per heavy atom. The molecule has 0 spiro atoms. The number of carboxylic acids is 4. The summed E-state index contributed by atoms with van der Waals surface area (Å²) in [6.45, 7) is 5.54. The summed E-state index contributed by atoms with van der Waals surface area (Å²) in [7, 11) is 0. The van der Waals surface area contributed by atoms with Gasteiger partial charge in [0.1, 0.15) is 18.8 Å². The fourth-order valence-corrected chi connectivity index (χ4v) is 3.19. The number of morpholine rings is 1. The summed E-state index contributed by atoms with van der Waals surface area (Å²) < 4.78 is 5.34. The molecule has 1 aromatic carbocycles. The number of hydrogen-bond acceptors (Lipinski definition) is 9. The van der Waals surface area contributed by atoms with E-state index in [9.17, 15) is 34.2 Å². The number of rotatable bonds is 11. The zero-order valence-corrected chi connectivity index (χ0v) is 22.6. The van der Waals surface area contributed by atoms with Crippen molar-refractivity contribution in [2.75, 3.05) is 44.7 Å². The first-order valence-electron chi connectivity index (χ1n) is 12.6. The van der Waals surface area contributed by atoms with Crippen molar-refractivity contribution in [3.05, 3.63) is 73.0 Å². The van der Waals surface area contributed by atoms with Crippen LogP contribution in [0, 0.1) is 0 Å². The number of para-hydroxylation sites is 1. The summed E-state index contributed by atoms with van der Waals surface area (Å²) in [6, 6.07) is 13.6. The van der Waals surface area contributed by atoms with Crippen molar-refractivity contribution in [3.8, 4) is 0 Å². The number of amides is 2. The van der Waals surface area contributed by atoms with Gasteiger partial charge in [-0.15, -0.1) is 0 Å². The van der Waals surface area contributed by atoms with Gasteiger partial charge in [-0.25, -0.2) is 19.4 Å². The summed E-state index contributed by atoms with van der Waals surface area (Å²) in [4.78, 5) is 55.8. The molecule has 7 N–H and O–H groups in total. The predicted molar refractivity (Wildman–Crippen MR) is 144 cm³/mol. The standard InChI is InChI=1S/C19H25N5O2.2C4H4O4/c25-19(20-9-4-10-24-11-13-26-14-12-24)23-17-7-8-18(21-15-17)22-16-5-2-1-3-6-16;2*5-3(6)1-2-4(7)8/h1-3,5-8,15H,4,9-14H2,(H,21,22)(H2,20,23,25);2*1-2H,(H,5,6)(H,7,8)/b;2*2-1+. The highest BCUT2D eigenvalue weighted by atomic mass is 16.5. The molecule has 3 rings (SSSR count). The Hall–Kier alpha value is -5.12. The third-order valence-electron chi connectivity index (χ3n) is 5.07. The quantitative estimate of drug-likeness (QED) is 0.0868. The second-order valence-corrected chi connectivity index (χ2v) is 8.35. The molecule has 1 aliphatic heterocycles. The minimum absolute atomic E-state index is 0.191. The number of carbonyl (C=O) groups is 5. The summed E-state index contributed by atoms with van der Waals surface area (Å²) in [5.41, 5.74) is 1.78. The highest BCUT2D eigenvalue weighted by Crippen LogP contribution is 2.07. The number of benzene rings is 1. The summed E-state index contributed by atoms with van der Waals surface area (Å²) in [5.74, 6) is -4.75. The number of quaternary nitrogens is 2. The molecular weight excluding hydrogens is 554 g/mol. The van der Waals surface area contributed by atoms with Gasteiger partial charge in [0.2, 0.25) is 5.82 Å². The number of hydrogen-bond donors (Lipinski definition) is 6. The van der Waals surface area contributed by atoms with E-state index in [1.54, 1.807) is 11.1 Å². The minimum Gasteiger partial charge on any atom is -0.545 e. The number of carbonyl (C=O) groups excluding carboxylic acids is 3. The van der Waals surface area contributed by atoms with Crippen LogP contribution in [0.25, 0.3) is 0 Å². The van der Waals surface area contributed by atoms with E-state index in [1.807, 2.05) is 47.8 Å². The number of nitrogens with one attached hydrogen (secondary N) is 3. The van der Waals surface area contributed by atoms with Crippen LogP contribution in [0.1, 0.15) is 6.42 Å². The number of nitrogens with zero attached hydrogens (tertiary/aromatic N) is 1. The van der Waals surface area contributed by atoms with Gasteiger partial charge in [0.05, 0.1) is 43.6 Å². The van der Waals surface area contributed by atoms with Crippen molar-refractivity contribution < 1.29 is 59.4 Å². The molecule has 0 bridgehead atoms. The first-order chi connectivity index (χ1) is 20.0. The smallest absolute Gasteiger partial charge is 0.328 e. The Balaban J connectivity index is 0.000000454. The van der Waals surface area contributed by atoms with Crippen molar-refractivity contribution in [1.29, 1.82) is 0 Å². The van der Waals surface area contributed by atoms with Crippen molar-refractivity contribution in [3.63, 3.8) is 0 Å². The second kappa shape index (κ2) is 20.7. The molecule has 0 atom stereocenters. The third kappa shape index (κ3) is 19.0. The van der Waals surface area contributed by atoms with E-state index in [1.165, 1.54) is 0 Å². The number of aliphatic carboxylic acids is 4. The number of ether oxygens (including phenoxy) is 1. The molecule has 42 heavy (non-hydrogen) atoms. The van der Waals surface area contributed by atoms with Crippen molar-refractivity contribution >= 4 is 47.1 Å². The van der Waals surface area contributed by atoms with Crippen LogP contribution in [-0.2, 0) is 23.9 Å². The van der Waals surface area contributed by atoms with Gasteiger partial charge >= 0.3 is 18.0 Å². The lowest BCUT2D eigenvalue weighted by Gasteiger charge is -2.23. The molecule has 2 aromatic rings. The third-order valence-corrected chi connectivity index (χ3v) is 5.07. The van der Waals surface area contributed by atoms with Gasteiger partial charge in [-0.1, -0.05) is 18.2 Å². The lowest BCUT2D eigenvalue weighted by molar-refractivity contribution is -0.908. The molecular formula is C27H33N5O10. The van der Waals surface area contributed by atoms with E-state index >= 15 is 0 Å². The van der Waals surface area contributed by atoms with E-state index < -0.39 is 23.9 Å². The molecule has 0 radical (unpaired) electrons. The predicted octanol–water partition coefficient (Wildman–Crippen LogP) is -3.21. The van der Waals surface area contributed by atoms with Crippen LogP contribution in [0.15, 0.2) is 73.0 Å². The SMILES string of the molecule is O=C(NCCC[NH+]1CCOCC1)Nc1ccc([NH2+]c2ccccc2)nc1.O=C([O-])/C=C/C(=O)O.O=C([O-])/C=C/C(=O)O. The number of anilines is 1. The largest absolute Gasteiger partial charge is 0.545 e. The van der Waals surface area contributed by atoms with Gasteiger partial charge < -0.3 is 50.3 Å². The molecule has 1 aliphatic rings. The molecule has 1 fully saturated rings. The number of nitrogens with two attached hydrogens (primary N) is 1. The molecule has 15 nitrogen and oxygen atoms in total.